The largest absolute Gasteiger partial charge is 0.351 e. The van der Waals surface area contributed by atoms with Crippen LogP contribution in [-0.2, 0) is 10.2 Å². The van der Waals surface area contributed by atoms with Gasteiger partial charge in [-0.3, -0.25) is 4.79 Å². The minimum absolute atomic E-state index is 0.0780. The predicted octanol–water partition coefficient (Wildman–Crippen LogP) is 4.42. The number of hydrogen-bond acceptors (Lipinski definition) is 2. The molecule has 2 aromatic carbocycles. The van der Waals surface area contributed by atoms with E-state index in [1.807, 2.05) is 37.3 Å². The fraction of sp³-hybridized carbons (Fsp3) is 0.273. The number of hydrogen-bond donors (Lipinski definition) is 3. The van der Waals surface area contributed by atoms with E-state index < -0.39 is 0 Å². The van der Waals surface area contributed by atoms with E-state index in [0.717, 1.165) is 16.9 Å². The van der Waals surface area contributed by atoms with Crippen molar-refractivity contribution in [2.45, 2.75) is 39.2 Å². The van der Waals surface area contributed by atoms with Crippen LogP contribution in [-0.4, -0.2) is 11.0 Å². The molecule has 5 heteroatoms. The monoisotopic (exact) mass is 379 g/mol. The minimum atomic E-state index is -0.295. The Balaban J connectivity index is 1.93. The van der Waals surface area contributed by atoms with Crippen molar-refractivity contribution in [2.75, 3.05) is 5.32 Å². The first kappa shape index (κ1) is 19.1. The summed E-state index contributed by atoms with van der Waals surface area (Å²) in [5, 5.41) is 9.80. The predicted molar refractivity (Wildman–Crippen MR) is 115 cm³/mol. The van der Waals surface area contributed by atoms with Crippen LogP contribution in [0, 0.1) is 0 Å². The van der Waals surface area contributed by atoms with Gasteiger partial charge in [-0.1, -0.05) is 63.2 Å². The molecule has 1 atom stereocenters. The Morgan fingerprint density at radius 2 is 1.67 bits per heavy atom. The van der Waals surface area contributed by atoms with Crippen LogP contribution in [0.4, 0.5) is 5.69 Å². The fourth-order valence-electron chi connectivity index (χ4n) is 3.14. The second-order valence-electron chi connectivity index (χ2n) is 7.76. The summed E-state index contributed by atoms with van der Waals surface area (Å²) in [6.45, 7) is 8.43. The van der Waals surface area contributed by atoms with Crippen molar-refractivity contribution in [2.24, 2.45) is 0 Å². The van der Waals surface area contributed by atoms with E-state index in [2.05, 4.69) is 61.0 Å². The van der Waals surface area contributed by atoms with E-state index in [4.69, 9.17) is 12.2 Å². The molecule has 0 saturated heterocycles. The zero-order valence-electron chi connectivity index (χ0n) is 16.1. The maximum absolute atomic E-state index is 13.0. The molecule has 140 valence electrons. The molecular formula is C22H25N3OS. The Hall–Kier alpha value is -2.66. The summed E-state index contributed by atoms with van der Waals surface area (Å²) in [6.07, 6.45) is 0. The lowest BCUT2D eigenvalue weighted by molar-refractivity contribution is -0.113. The van der Waals surface area contributed by atoms with Crippen LogP contribution in [0.2, 0.25) is 0 Å². The zero-order valence-corrected chi connectivity index (χ0v) is 16.9. The van der Waals surface area contributed by atoms with Gasteiger partial charge in [0.25, 0.3) is 5.91 Å². The molecule has 0 aliphatic carbocycles. The van der Waals surface area contributed by atoms with Crippen LogP contribution in [0.5, 0.6) is 0 Å². The molecular weight excluding hydrogens is 354 g/mol. The van der Waals surface area contributed by atoms with E-state index in [0.29, 0.717) is 10.7 Å². The molecule has 1 amide bonds. The Kier molecular flexibility index (Phi) is 5.33. The number of thiocarbonyl (C=S) groups is 1. The first-order valence-corrected chi connectivity index (χ1v) is 9.41. The smallest absolute Gasteiger partial charge is 0.255 e. The number of carbonyl (C=O) groups is 1. The number of allylic oxidation sites excluding steroid dienone is 1. The first-order valence-electron chi connectivity index (χ1n) is 9.01. The number of para-hydroxylation sites is 1. The summed E-state index contributed by atoms with van der Waals surface area (Å²) in [6, 6.07) is 17.5. The van der Waals surface area contributed by atoms with E-state index in [1.165, 1.54) is 5.56 Å². The molecule has 1 aliphatic heterocycles. The highest BCUT2D eigenvalue weighted by atomic mass is 32.1. The van der Waals surface area contributed by atoms with Gasteiger partial charge in [0.2, 0.25) is 0 Å². The Labute approximate surface area is 166 Å². The third kappa shape index (κ3) is 4.37. The molecule has 1 heterocycles. The molecule has 1 aliphatic rings. The SMILES string of the molecule is CC1=C(C(=O)Nc2ccccc2)[C@H](c2ccc(C(C)(C)C)cc2)NC(=S)N1. The first-order chi connectivity index (χ1) is 12.8. The molecule has 27 heavy (non-hydrogen) atoms. The third-order valence-electron chi connectivity index (χ3n) is 4.66. The molecule has 0 saturated carbocycles. The van der Waals surface area contributed by atoms with Crippen molar-refractivity contribution in [3.05, 3.63) is 77.0 Å². The second kappa shape index (κ2) is 7.53. The molecule has 0 spiro atoms. The van der Waals surface area contributed by atoms with Gasteiger partial charge in [0.1, 0.15) is 0 Å². The number of anilines is 1. The number of benzene rings is 2. The van der Waals surface area contributed by atoms with E-state index in [-0.39, 0.29) is 17.4 Å². The van der Waals surface area contributed by atoms with Crippen molar-refractivity contribution in [1.82, 2.24) is 10.6 Å². The van der Waals surface area contributed by atoms with E-state index >= 15 is 0 Å². The van der Waals surface area contributed by atoms with Gasteiger partial charge in [0, 0.05) is 11.4 Å². The standard InChI is InChI=1S/C22H25N3OS/c1-14-18(20(26)24-17-8-6-5-7-9-17)19(25-21(27)23-14)15-10-12-16(13-11-15)22(2,3)4/h5-13,19H,1-4H3,(H,24,26)(H2,23,25,27)/t19-/m0/s1. The molecule has 0 aromatic heterocycles. The molecule has 3 N–H and O–H groups in total. The second-order valence-corrected chi connectivity index (χ2v) is 8.17. The lowest BCUT2D eigenvalue weighted by atomic mass is 9.85. The van der Waals surface area contributed by atoms with Gasteiger partial charge in [-0.15, -0.1) is 0 Å². The van der Waals surface area contributed by atoms with Crippen LogP contribution in [0.15, 0.2) is 65.9 Å². The van der Waals surface area contributed by atoms with Crippen LogP contribution in [0.1, 0.15) is 44.9 Å². The van der Waals surface area contributed by atoms with Crippen LogP contribution in [0.3, 0.4) is 0 Å². The van der Waals surface area contributed by atoms with Crippen molar-refractivity contribution in [3.63, 3.8) is 0 Å². The molecule has 2 aromatic rings. The summed E-state index contributed by atoms with van der Waals surface area (Å²) in [4.78, 5) is 13.0. The Bertz CT molecular complexity index is 880. The average Bonchev–Trinajstić information content (AvgIpc) is 2.61. The number of rotatable bonds is 3. The number of nitrogens with one attached hydrogen (secondary N) is 3. The summed E-state index contributed by atoms with van der Waals surface area (Å²) in [7, 11) is 0. The van der Waals surface area contributed by atoms with Gasteiger partial charge in [0.05, 0.1) is 11.6 Å². The van der Waals surface area contributed by atoms with Crippen molar-refractivity contribution >= 4 is 28.9 Å². The quantitative estimate of drug-likeness (QED) is 0.691. The topological polar surface area (TPSA) is 53.2 Å². The van der Waals surface area contributed by atoms with Crippen LogP contribution < -0.4 is 16.0 Å². The molecule has 3 rings (SSSR count). The van der Waals surface area contributed by atoms with Crippen molar-refractivity contribution in [3.8, 4) is 0 Å². The molecule has 0 bridgehead atoms. The van der Waals surface area contributed by atoms with E-state index in [1.54, 1.807) is 0 Å². The molecule has 0 radical (unpaired) electrons. The highest BCUT2D eigenvalue weighted by Gasteiger charge is 2.30. The van der Waals surface area contributed by atoms with Crippen molar-refractivity contribution in [1.29, 1.82) is 0 Å². The minimum Gasteiger partial charge on any atom is -0.351 e. The summed E-state index contributed by atoms with van der Waals surface area (Å²) in [5.74, 6) is -0.147. The maximum Gasteiger partial charge on any atom is 0.255 e. The fourth-order valence-corrected chi connectivity index (χ4v) is 3.41. The third-order valence-corrected chi connectivity index (χ3v) is 4.88. The van der Waals surface area contributed by atoms with Gasteiger partial charge in [-0.05, 0) is 47.8 Å². The lowest BCUT2D eigenvalue weighted by Gasteiger charge is -2.31. The van der Waals surface area contributed by atoms with Crippen LogP contribution in [0.25, 0.3) is 0 Å². The van der Waals surface area contributed by atoms with Gasteiger partial charge in [-0.25, -0.2) is 0 Å². The van der Waals surface area contributed by atoms with Crippen molar-refractivity contribution < 1.29 is 4.79 Å². The zero-order chi connectivity index (χ0) is 19.6. The molecule has 4 nitrogen and oxygen atoms in total. The number of amides is 1. The highest BCUT2D eigenvalue weighted by molar-refractivity contribution is 7.80. The molecule has 0 fully saturated rings. The Morgan fingerprint density at radius 3 is 2.26 bits per heavy atom. The lowest BCUT2D eigenvalue weighted by Crippen LogP contribution is -2.45. The summed E-state index contributed by atoms with van der Waals surface area (Å²) in [5.41, 5.74) is 4.49. The molecule has 0 unspecified atom stereocenters. The Morgan fingerprint density at radius 1 is 1.04 bits per heavy atom. The van der Waals surface area contributed by atoms with E-state index in [9.17, 15) is 4.79 Å². The van der Waals surface area contributed by atoms with Crippen LogP contribution >= 0.6 is 12.2 Å². The normalized spacial score (nSPS) is 17.2. The van der Waals surface area contributed by atoms with Gasteiger partial charge in [-0.2, -0.15) is 0 Å². The van der Waals surface area contributed by atoms with Gasteiger partial charge >= 0.3 is 0 Å². The maximum atomic E-state index is 13.0. The summed E-state index contributed by atoms with van der Waals surface area (Å²) >= 11 is 5.33. The summed E-state index contributed by atoms with van der Waals surface area (Å²) < 4.78 is 0. The van der Waals surface area contributed by atoms with Gasteiger partial charge in [0.15, 0.2) is 5.11 Å². The van der Waals surface area contributed by atoms with Gasteiger partial charge < -0.3 is 16.0 Å². The highest BCUT2D eigenvalue weighted by Crippen LogP contribution is 2.30. The number of carbonyl (C=O) groups excluding carboxylic acids is 1. The average molecular weight is 380 g/mol.